The molecule has 10 heteroatoms. The maximum atomic E-state index is 12.8. The molecule has 2 aromatic rings. The zero-order chi connectivity index (χ0) is 21.2. The molecule has 0 unspecified atom stereocenters. The molecule has 3 rings (SSSR count). The molecule has 2 heterocycles. The number of amides is 2. The van der Waals surface area contributed by atoms with Gasteiger partial charge in [0.15, 0.2) is 0 Å². The summed E-state index contributed by atoms with van der Waals surface area (Å²) < 4.78 is 26.4. The molecule has 1 saturated heterocycles. The van der Waals surface area contributed by atoms with E-state index in [0.29, 0.717) is 23.8 Å². The zero-order valence-electron chi connectivity index (χ0n) is 16.2. The van der Waals surface area contributed by atoms with Crippen molar-refractivity contribution in [3.63, 3.8) is 0 Å². The van der Waals surface area contributed by atoms with Crippen molar-refractivity contribution in [1.29, 1.82) is 0 Å². The molecule has 1 aliphatic heterocycles. The SMILES string of the molecule is Cc1ccc(NC(=O)CN(C)S(=O)(=O)c2c[nH]c(C(=O)N3CCCC3)c2)cc1Cl. The number of hydrogen-bond acceptors (Lipinski definition) is 4. The first-order valence-electron chi connectivity index (χ1n) is 9.18. The van der Waals surface area contributed by atoms with Crippen molar-refractivity contribution in [2.45, 2.75) is 24.7 Å². The largest absolute Gasteiger partial charge is 0.356 e. The normalized spacial score (nSPS) is 14.4. The molecule has 1 aliphatic rings. The van der Waals surface area contributed by atoms with Gasteiger partial charge in [-0.1, -0.05) is 17.7 Å². The van der Waals surface area contributed by atoms with Crippen LogP contribution in [0.5, 0.6) is 0 Å². The van der Waals surface area contributed by atoms with Crippen LogP contribution < -0.4 is 5.32 Å². The number of likely N-dealkylation sites (tertiary alicyclic amines) is 1. The fourth-order valence-electron chi connectivity index (χ4n) is 3.08. The fourth-order valence-corrected chi connectivity index (χ4v) is 4.38. The number of aryl methyl sites for hydroxylation is 1. The number of H-pyrrole nitrogens is 1. The van der Waals surface area contributed by atoms with Crippen molar-refractivity contribution in [2.75, 3.05) is 32.0 Å². The number of aromatic nitrogens is 1. The number of anilines is 1. The van der Waals surface area contributed by atoms with E-state index in [1.807, 2.05) is 6.92 Å². The number of carbonyl (C=O) groups is 2. The number of carbonyl (C=O) groups excluding carboxylic acids is 2. The highest BCUT2D eigenvalue weighted by atomic mass is 35.5. The predicted molar refractivity (Wildman–Crippen MR) is 111 cm³/mol. The Labute approximate surface area is 174 Å². The Morgan fingerprint density at radius 3 is 2.59 bits per heavy atom. The van der Waals surface area contributed by atoms with E-state index in [2.05, 4.69) is 10.3 Å². The number of benzene rings is 1. The summed E-state index contributed by atoms with van der Waals surface area (Å²) in [5.41, 5.74) is 1.57. The van der Waals surface area contributed by atoms with E-state index in [4.69, 9.17) is 11.6 Å². The first-order chi connectivity index (χ1) is 13.7. The molecule has 1 aromatic carbocycles. The number of aromatic amines is 1. The minimum atomic E-state index is -3.93. The Morgan fingerprint density at radius 1 is 1.24 bits per heavy atom. The van der Waals surface area contributed by atoms with E-state index in [-0.39, 0.29) is 23.0 Å². The van der Waals surface area contributed by atoms with Crippen LogP contribution in [0.15, 0.2) is 35.4 Å². The van der Waals surface area contributed by atoms with Gasteiger partial charge in [0.05, 0.1) is 6.54 Å². The number of likely N-dealkylation sites (N-methyl/N-ethyl adjacent to an activating group) is 1. The third-order valence-electron chi connectivity index (χ3n) is 4.81. The molecular weight excluding hydrogens is 416 g/mol. The molecule has 156 valence electrons. The van der Waals surface area contributed by atoms with E-state index >= 15 is 0 Å². The average Bonchev–Trinajstić information content (AvgIpc) is 3.36. The molecule has 8 nitrogen and oxygen atoms in total. The topological polar surface area (TPSA) is 103 Å². The predicted octanol–water partition coefficient (Wildman–Crippen LogP) is 2.47. The van der Waals surface area contributed by atoms with Crippen molar-refractivity contribution in [1.82, 2.24) is 14.2 Å². The van der Waals surface area contributed by atoms with Gasteiger partial charge in [0.1, 0.15) is 10.6 Å². The van der Waals surface area contributed by atoms with Gasteiger partial charge in [0.25, 0.3) is 5.91 Å². The molecule has 0 atom stereocenters. The van der Waals surface area contributed by atoms with Crippen LogP contribution in [0.2, 0.25) is 5.02 Å². The second kappa shape index (κ2) is 8.56. The Balaban J connectivity index is 1.66. The van der Waals surface area contributed by atoms with E-state index in [1.165, 1.54) is 19.3 Å². The highest BCUT2D eigenvalue weighted by molar-refractivity contribution is 7.89. The molecular formula is C19H23ClN4O4S. The Kier molecular flexibility index (Phi) is 6.30. The molecule has 0 aliphatic carbocycles. The van der Waals surface area contributed by atoms with E-state index in [0.717, 1.165) is 22.7 Å². The molecule has 2 amide bonds. The van der Waals surface area contributed by atoms with Crippen molar-refractivity contribution in [3.8, 4) is 0 Å². The Bertz CT molecular complexity index is 1030. The number of nitrogens with one attached hydrogen (secondary N) is 2. The minimum absolute atomic E-state index is 0.0614. The van der Waals surface area contributed by atoms with Crippen molar-refractivity contribution in [2.24, 2.45) is 0 Å². The highest BCUT2D eigenvalue weighted by Gasteiger charge is 2.27. The van der Waals surface area contributed by atoms with Gasteiger partial charge in [0, 0.05) is 37.0 Å². The number of sulfonamides is 1. The lowest BCUT2D eigenvalue weighted by Crippen LogP contribution is -2.34. The van der Waals surface area contributed by atoms with Gasteiger partial charge in [-0.05, 0) is 43.5 Å². The quantitative estimate of drug-likeness (QED) is 0.723. The van der Waals surface area contributed by atoms with E-state index in [9.17, 15) is 18.0 Å². The summed E-state index contributed by atoms with van der Waals surface area (Å²) in [6.45, 7) is 2.80. The average molecular weight is 439 g/mol. The summed E-state index contributed by atoms with van der Waals surface area (Å²) in [5.74, 6) is -0.722. The number of halogens is 1. The van der Waals surface area contributed by atoms with Crippen LogP contribution >= 0.6 is 11.6 Å². The fraction of sp³-hybridized carbons (Fsp3) is 0.368. The minimum Gasteiger partial charge on any atom is -0.356 e. The summed E-state index contributed by atoms with van der Waals surface area (Å²) >= 11 is 6.04. The van der Waals surface area contributed by atoms with E-state index < -0.39 is 15.9 Å². The molecule has 0 spiro atoms. The van der Waals surface area contributed by atoms with Crippen LogP contribution in [0.1, 0.15) is 28.9 Å². The number of nitrogens with zero attached hydrogens (tertiary/aromatic N) is 2. The number of hydrogen-bond donors (Lipinski definition) is 2. The summed E-state index contributed by atoms with van der Waals surface area (Å²) in [5, 5.41) is 3.13. The van der Waals surface area contributed by atoms with Crippen LogP contribution in [0, 0.1) is 6.92 Å². The summed E-state index contributed by atoms with van der Waals surface area (Å²) in [6.07, 6.45) is 3.16. The standard InChI is InChI=1S/C19H23ClN4O4S/c1-13-5-6-14(9-16(13)20)22-18(25)12-23(2)29(27,28)15-10-17(21-11-15)19(26)24-7-3-4-8-24/h5-6,9-11,21H,3-4,7-8,12H2,1-2H3,(H,22,25). The summed E-state index contributed by atoms with van der Waals surface area (Å²) in [4.78, 5) is 29.0. The van der Waals surface area contributed by atoms with Gasteiger partial charge in [-0.25, -0.2) is 8.42 Å². The van der Waals surface area contributed by atoms with Gasteiger partial charge in [-0.15, -0.1) is 0 Å². The smallest absolute Gasteiger partial charge is 0.270 e. The van der Waals surface area contributed by atoms with Crippen molar-refractivity contribution in [3.05, 3.63) is 46.7 Å². The van der Waals surface area contributed by atoms with Crippen LogP contribution in [0.25, 0.3) is 0 Å². The molecule has 2 N–H and O–H groups in total. The lowest BCUT2D eigenvalue weighted by molar-refractivity contribution is -0.116. The summed E-state index contributed by atoms with van der Waals surface area (Å²) in [6, 6.07) is 6.36. The Hall–Kier alpha value is -2.36. The van der Waals surface area contributed by atoms with Crippen LogP contribution in [0.4, 0.5) is 5.69 Å². The molecule has 0 radical (unpaired) electrons. The zero-order valence-corrected chi connectivity index (χ0v) is 17.8. The van der Waals surface area contributed by atoms with Crippen molar-refractivity contribution >= 4 is 39.1 Å². The number of rotatable bonds is 6. The van der Waals surface area contributed by atoms with Gasteiger partial charge in [0.2, 0.25) is 15.9 Å². The molecule has 0 bridgehead atoms. The van der Waals surface area contributed by atoms with Crippen molar-refractivity contribution < 1.29 is 18.0 Å². The van der Waals surface area contributed by atoms with Gasteiger partial charge >= 0.3 is 0 Å². The first-order valence-corrected chi connectivity index (χ1v) is 11.0. The van der Waals surface area contributed by atoms with Crippen LogP contribution in [-0.2, 0) is 14.8 Å². The molecule has 29 heavy (non-hydrogen) atoms. The van der Waals surface area contributed by atoms with Gasteiger partial charge in [-0.2, -0.15) is 4.31 Å². The summed E-state index contributed by atoms with van der Waals surface area (Å²) in [7, 11) is -2.62. The monoisotopic (exact) mass is 438 g/mol. The van der Waals surface area contributed by atoms with Gasteiger partial charge in [-0.3, -0.25) is 9.59 Å². The highest BCUT2D eigenvalue weighted by Crippen LogP contribution is 2.21. The van der Waals surface area contributed by atoms with E-state index in [1.54, 1.807) is 23.1 Å². The molecule has 0 saturated carbocycles. The molecule has 1 fully saturated rings. The second-order valence-electron chi connectivity index (χ2n) is 7.02. The third kappa shape index (κ3) is 4.80. The lowest BCUT2D eigenvalue weighted by Gasteiger charge is -2.16. The second-order valence-corrected chi connectivity index (χ2v) is 9.47. The first kappa shape index (κ1) is 21.4. The van der Waals surface area contributed by atoms with Gasteiger partial charge < -0.3 is 15.2 Å². The molecule has 1 aromatic heterocycles. The lowest BCUT2D eigenvalue weighted by atomic mass is 10.2. The maximum absolute atomic E-state index is 12.8. The third-order valence-corrected chi connectivity index (χ3v) is 7.00. The maximum Gasteiger partial charge on any atom is 0.270 e. The van der Waals surface area contributed by atoms with Crippen LogP contribution in [-0.4, -0.2) is 61.1 Å². The Morgan fingerprint density at radius 2 is 1.93 bits per heavy atom. The van der Waals surface area contributed by atoms with Crippen LogP contribution in [0.3, 0.4) is 0 Å².